The van der Waals surface area contributed by atoms with Gasteiger partial charge >= 0.3 is 0 Å². The first-order valence-corrected chi connectivity index (χ1v) is 7.00. The fourth-order valence-corrected chi connectivity index (χ4v) is 2.32. The average molecular weight is 233 g/mol. The first-order valence-electron chi connectivity index (χ1n) is 7.00. The standard InChI is InChI=1S/C16H27N/c1-4-5-6-7-8-9-10-15-11-13(2)16(17)14(3)12-15/h11-12H,4-10,17H2,1-3H3. The van der Waals surface area contributed by atoms with E-state index in [0.717, 1.165) is 5.69 Å². The van der Waals surface area contributed by atoms with Crippen molar-refractivity contribution in [2.75, 3.05) is 5.73 Å². The van der Waals surface area contributed by atoms with E-state index >= 15 is 0 Å². The number of nitrogen functional groups attached to an aromatic ring is 1. The second kappa shape index (κ2) is 7.37. The SMILES string of the molecule is CCCCCCCCc1cc(C)c(N)c(C)c1. The van der Waals surface area contributed by atoms with Crippen LogP contribution >= 0.6 is 0 Å². The predicted octanol–water partition coefficient (Wildman–Crippen LogP) is 4.79. The zero-order chi connectivity index (χ0) is 12.7. The Morgan fingerprint density at radius 2 is 1.41 bits per heavy atom. The van der Waals surface area contributed by atoms with Crippen molar-refractivity contribution < 1.29 is 0 Å². The van der Waals surface area contributed by atoms with Crippen molar-refractivity contribution in [3.05, 3.63) is 28.8 Å². The number of unbranched alkanes of at least 4 members (excludes halogenated alkanes) is 5. The normalized spacial score (nSPS) is 10.8. The van der Waals surface area contributed by atoms with Crippen LogP contribution in [0.25, 0.3) is 0 Å². The molecule has 0 amide bonds. The largest absolute Gasteiger partial charge is 0.398 e. The fraction of sp³-hybridized carbons (Fsp3) is 0.625. The van der Waals surface area contributed by atoms with Gasteiger partial charge in [-0.3, -0.25) is 0 Å². The number of benzene rings is 1. The van der Waals surface area contributed by atoms with Crippen molar-refractivity contribution in [3.8, 4) is 0 Å². The van der Waals surface area contributed by atoms with Crippen LogP contribution in [0.5, 0.6) is 0 Å². The molecule has 0 saturated heterocycles. The highest BCUT2D eigenvalue weighted by atomic mass is 14.6. The topological polar surface area (TPSA) is 26.0 Å². The van der Waals surface area contributed by atoms with Crippen LogP contribution in [0.4, 0.5) is 5.69 Å². The zero-order valence-corrected chi connectivity index (χ0v) is 11.7. The van der Waals surface area contributed by atoms with E-state index in [-0.39, 0.29) is 0 Å². The van der Waals surface area contributed by atoms with Crippen molar-refractivity contribution in [1.82, 2.24) is 0 Å². The molecule has 1 aromatic rings. The minimum absolute atomic E-state index is 0.955. The molecule has 0 heterocycles. The van der Waals surface area contributed by atoms with Gasteiger partial charge in [-0.25, -0.2) is 0 Å². The smallest absolute Gasteiger partial charge is 0.0373 e. The molecule has 0 spiro atoms. The van der Waals surface area contributed by atoms with Crippen molar-refractivity contribution in [2.45, 2.75) is 65.7 Å². The molecule has 1 heteroatoms. The Bertz CT molecular complexity index is 318. The zero-order valence-electron chi connectivity index (χ0n) is 11.7. The van der Waals surface area contributed by atoms with Gasteiger partial charge in [0, 0.05) is 5.69 Å². The maximum atomic E-state index is 5.96. The Balaban J connectivity index is 2.32. The van der Waals surface area contributed by atoms with Crippen LogP contribution in [0.15, 0.2) is 12.1 Å². The van der Waals surface area contributed by atoms with E-state index in [2.05, 4.69) is 32.9 Å². The summed E-state index contributed by atoms with van der Waals surface area (Å²) in [4.78, 5) is 0. The monoisotopic (exact) mass is 233 g/mol. The van der Waals surface area contributed by atoms with E-state index < -0.39 is 0 Å². The highest BCUT2D eigenvalue weighted by molar-refractivity contribution is 5.54. The van der Waals surface area contributed by atoms with Crippen LogP contribution in [-0.4, -0.2) is 0 Å². The second-order valence-corrected chi connectivity index (χ2v) is 5.16. The lowest BCUT2D eigenvalue weighted by atomic mass is 10.00. The van der Waals surface area contributed by atoms with Gasteiger partial charge in [-0.1, -0.05) is 51.2 Å². The molecule has 0 atom stereocenters. The Morgan fingerprint density at radius 3 is 2.00 bits per heavy atom. The van der Waals surface area contributed by atoms with E-state index in [0.29, 0.717) is 0 Å². The highest BCUT2D eigenvalue weighted by Gasteiger charge is 2.01. The number of rotatable bonds is 7. The van der Waals surface area contributed by atoms with Crippen LogP contribution in [0.2, 0.25) is 0 Å². The van der Waals surface area contributed by atoms with Gasteiger partial charge < -0.3 is 5.73 Å². The Morgan fingerprint density at radius 1 is 0.882 bits per heavy atom. The van der Waals surface area contributed by atoms with Gasteiger partial charge in [-0.2, -0.15) is 0 Å². The molecule has 2 N–H and O–H groups in total. The number of anilines is 1. The number of hydrogen-bond donors (Lipinski definition) is 1. The maximum absolute atomic E-state index is 5.96. The molecular formula is C16H27N. The molecule has 0 saturated carbocycles. The molecule has 0 radical (unpaired) electrons. The van der Waals surface area contributed by atoms with E-state index in [1.165, 1.54) is 61.6 Å². The lowest BCUT2D eigenvalue weighted by Gasteiger charge is -2.08. The summed E-state index contributed by atoms with van der Waals surface area (Å²) < 4.78 is 0. The van der Waals surface area contributed by atoms with Gasteiger partial charge in [0.05, 0.1) is 0 Å². The average Bonchev–Trinajstić information content (AvgIpc) is 2.30. The van der Waals surface area contributed by atoms with E-state index in [1.54, 1.807) is 0 Å². The summed E-state index contributed by atoms with van der Waals surface area (Å²) in [6.07, 6.45) is 9.39. The van der Waals surface area contributed by atoms with E-state index in [4.69, 9.17) is 5.73 Å². The van der Waals surface area contributed by atoms with Gasteiger partial charge in [-0.15, -0.1) is 0 Å². The van der Waals surface area contributed by atoms with Crippen LogP contribution < -0.4 is 5.73 Å². The highest BCUT2D eigenvalue weighted by Crippen LogP contribution is 2.20. The van der Waals surface area contributed by atoms with E-state index in [9.17, 15) is 0 Å². The number of nitrogens with two attached hydrogens (primary N) is 1. The molecule has 1 aromatic carbocycles. The summed E-state index contributed by atoms with van der Waals surface area (Å²) in [6.45, 7) is 6.47. The van der Waals surface area contributed by atoms with Crippen LogP contribution in [0, 0.1) is 13.8 Å². The molecule has 1 nitrogen and oxygen atoms in total. The minimum atomic E-state index is 0.955. The van der Waals surface area contributed by atoms with Crippen LogP contribution in [-0.2, 0) is 6.42 Å². The quantitative estimate of drug-likeness (QED) is 0.532. The molecule has 0 aliphatic heterocycles. The molecular weight excluding hydrogens is 206 g/mol. The molecule has 0 fully saturated rings. The summed E-state index contributed by atoms with van der Waals surface area (Å²) in [5.41, 5.74) is 10.8. The fourth-order valence-electron chi connectivity index (χ4n) is 2.32. The van der Waals surface area contributed by atoms with Gasteiger partial charge in [0.15, 0.2) is 0 Å². The molecule has 0 aromatic heterocycles. The molecule has 17 heavy (non-hydrogen) atoms. The van der Waals surface area contributed by atoms with Crippen molar-refractivity contribution >= 4 is 5.69 Å². The summed E-state index contributed by atoms with van der Waals surface area (Å²) >= 11 is 0. The second-order valence-electron chi connectivity index (χ2n) is 5.16. The summed E-state index contributed by atoms with van der Waals surface area (Å²) in [5.74, 6) is 0. The van der Waals surface area contributed by atoms with Gasteiger partial charge in [0.2, 0.25) is 0 Å². The molecule has 96 valence electrons. The third-order valence-electron chi connectivity index (χ3n) is 3.47. The Hall–Kier alpha value is -0.980. The van der Waals surface area contributed by atoms with Crippen LogP contribution in [0.1, 0.15) is 62.1 Å². The van der Waals surface area contributed by atoms with Gasteiger partial charge in [-0.05, 0) is 43.4 Å². The molecule has 1 rings (SSSR count). The molecule has 0 bridgehead atoms. The lowest BCUT2D eigenvalue weighted by molar-refractivity contribution is 0.607. The number of aryl methyl sites for hydroxylation is 3. The van der Waals surface area contributed by atoms with Crippen molar-refractivity contribution in [1.29, 1.82) is 0 Å². The van der Waals surface area contributed by atoms with Crippen molar-refractivity contribution in [3.63, 3.8) is 0 Å². The first-order chi connectivity index (χ1) is 8.15. The Kier molecular flexibility index (Phi) is 6.10. The minimum Gasteiger partial charge on any atom is -0.398 e. The van der Waals surface area contributed by atoms with Gasteiger partial charge in [0.25, 0.3) is 0 Å². The maximum Gasteiger partial charge on any atom is 0.0373 e. The number of hydrogen-bond acceptors (Lipinski definition) is 1. The predicted molar refractivity (Wildman–Crippen MR) is 77.4 cm³/mol. The lowest BCUT2D eigenvalue weighted by Crippen LogP contribution is -1.96. The summed E-state index contributed by atoms with van der Waals surface area (Å²) in [6, 6.07) is 4.49. The molecule has 0 aliphatic rings. The third kappa shape index (κ3) is 4.80. The van der Waals surface area contributed by atoms with Crippen molar-refractivity contribution in [2.24, 2.45) is 0 Å². The summed E-state index contributed by atoms with van der Waals surface area (Å²) in [7, 11) is 0. The summed E-state index contributed by atoms with van der Waals surface area (Å²) in [5, 5.41) is 0. The van der Waals surface area contributed by atoms with Gasteiger partial charge in [0.1, 0.15) is 0 Å². The van der Waals surface area contributed by atoms with Crippen LogP contribution in [0.3, 0.4) is 0 Å². The third-order valence-corrected chi connectivity index (χ3v) is 3.47. The van der Waals surface area contributed by atoms with E-state index in [1.807, 2.05) is 0 Å². The Labute approximate surface area is 106 Å². The first kappa shape index (κ1) is 14.1. The molecule has 0 unspecified atom stereocenters. The molecule has 0 aliphatic carbocycles.